The molecule has 0 aromatic heterocycles. The number of hydrogen-bond acceptors (Lipinski definition) is 2. The third-order valence-corrected chi connectivity index (χ3v) is 6.20. The Morgan fingerprint density at radius 2 is 1.54 bits per heavy atom. The van der Waals surface area contributed by atoms with Crippen molar-refractivity contribution in [2.75, 3.05) is 26.2 Å². The number of hydrogen-bond donors (Lipinski definition) is 0. The van der Waals surface area contributed by atoms with E-state index < -0.39 is 0 Å². The van der Waals surface area contributed by atoms with Gasteiger partial charge in [-0.2, -0.15) is 0 Å². The number of unbranched alkanes of at least 4 members (excludes halogenated alkanes) is 1. The molecule has 0 spiro atoms. The average molecular weight is 421 g/mol. The van der Waals surface area contributed by atoms with E-state index in [0.29, 0.717) is 38.5 Å². The third kappa shape index (κ3) is 5.32. The summed E-state index contributed by atoms with van der Waals surface area (Å²) in [5.41, 5.74) is 1.32. The molecule has 1 aromatic rings. The zero-order valence-corrected chi connectivity index (χ0v) is 17.0. The number of piperazine rings is 1. The summed E-state index contributed by atoms with van der Waals surface area (Å²) in [4.78, 5) is 28.8. The smallest absolute Gasteiger partial charge is 0.225 e. The van der Waals surface area contributed by atoms with Gasteiger partial charge in [-0.25, -0.2) is 0 Å². The summed E-state index contributed by atoms with van der Waals surface area (Å²) in [6.07, 6.45) is 8.08. The zero-order valence-electron chi connectivity index (χ0n) is 15.5. The molecule has 2 aliphatic rings. The first-order valence-electron chi connectivity index (χ1n) is 9.94. The molecule has 0 N–H and O–H groups in total. The Hall–Kier alpha value is -1.36. The summed E-state index contributed by atoms with van der Waals surface area (Å²) in [6.45, 7) is 2.81. The van der Waals surface area contributed by atoms with Gasteiger partial charge in [-0.3, -0.25) is 9.59 Å². The van der Waals surface area contributed by atoms with Crippen LogP contribution in [0.3, 0.4) is 0 Å². The van der Waals surface area contributed by atoms with E-state index in [1.54, 1.807) is 0 Å². The first-order chi connectivity index (χ1) is 12.6. The molecule has 142 valence electrons. The average Bonchev–Trinajstić information content (AvgIpc) is 3.21. The molecule has 2 fully saturated rings. The molecule has 1 saturated carbocycles. The second-order valence-corrected chi connectivity index (χ2v) is 8.44. The van der Waals surface area contributed by atoms with E-state index in [0.717, 1.165) is 36.6 Å². The van der Waals surface area contributed by atoms with Gasteiger partial charge >= 0.3 is 0 Å². The Morgan fingerprint density at radius 1 is 0.923 bits per heavy atom. The Morgan fingerprint density at radius 3 is 2.19 bits per heavy atom. The lowest BCUT2D eigenvalue weighted by atomic mass is 10.1. The molecule has 1 aromatic carbocycles. The van der Waals surface area contributed by atoms with Crippen molar-refractivity contribution in [1.29, 1.82) is 0 Å². The lowest BCUT2D eigenvalue weighted by molar-refractivity contribution is -0.142. The van der Waals surface area contributed by atoms with Crippen molar-refractivity contribution in [2.24, 2.45) is 5.92 Å². The second-order valence-electron chi connectivity index (χ2n) is 7.52. The van der Waals surface area contributed by atoms with Crippen molar-refractivity contribution in [3.63, 3.8) is 0 Å². The van der Waals surface area contributed by atoms with E-state index in [4.69, 9.17) is 0 Å². The number of halogens is 1. The first-order valence-corrected chi connectivity index (χ1v) is 10.7. The fraction of sp³-hybridized carbons (Fsp3) is 0.619. The molecular weight excluding hydrogens is 392 g/mol. The molecule has 2 amide bonds. The van der Waals surface area contributed by atoms with Crippen LogP contribution < -0.4 is 0 Å². The van der Waals surface area contributed by atoms with Crippen molar-refractivity contribution in [1.82, 2.24) is 9.80 Å². The summed E-state index contributed by atoms with van der Waals surface area (Å²) in [5.74, 6) is 0.814. The maximum Gasteiger partial charge on any atom is 0.225 e. The van der Waals surface area contributed by atoms with E-state index in [1.165, 1.54) is 18.4 Å². The van der Waals surface area contributed by atoms with Gasteiger partial charge in [-0.15, -0.1) is 0 Å². The van der Waals surface area contributed by atoms with Gasteiger partial charge < -0.3 is 9.80 Å². The summed E-state index contributed by atoms with van der Waals surface area (Å²) < 4.78 is 1.10. The molecule has 5 heteroatoms. The monoisotopic (exact) mass is 420 g/mol. The van der Waals surface area contributed by atoms with Crippen LogP contribution in [0.4, 0.5) is 0 Å². The van der Waals surface area contributed by atoms with Gasteiger partial charge in [0.15, 0.2) is 0 Å². The Kier molecular flexibility index (Phi) is 7.12. The molecule has 3 rings (SSSR count). The van der Waals surface area contributed by atoms with Crippen molar-refractivity contribution in [3.8, 4) is 0 Å². The molecule has 0 unspecified atom stereocenters. The van der Waals surface area contributed by atoms with E-state index >= 15 is 0 Å². The van der Waals surface area contributed by atoms with Gasteiger partial charge in [-0.1, -0.05) is 40.9 Å². The van der Waals surface area contributed by atoms with Gasteiger partial charge in [0.1, 0.15) is 0 Å². The third-order valence-electron chi connectivity index (χ3n) is 5.67. The van der Waals surface area contributed by atoms with Crippen LogP contribution in [-0.4, -0.2) is 47.8 Å². The van der Waals surface area contributed by atoms with Crippen LogP contribution in [0.15, 0.2) is 28.7 Å². The van der Waals surface area contributed by atoms with Crippen LogP contribution in [-0.2, 0) is 16.0 Å². The van der Waals surface area contributed by atoms with Crippen LogP contribution in [0.2, 0.25) is 0 Å². The zero-order chi connectivity index (χ0) is 18.4. The Balaban J connectivity index is 1.33. The molecular formula is C21H29BrN2O2. The van der Waals surface area contributed by atoms with Crippen LogP contribution >= 0.6 is 15.9 Å². The quantitative estimate of drug-likeness (QED) is 0.651. The first kappa shape index (κ1) is 19.4. The molecule has 0 bridgehead atoms. The van der Waals surface area contributed by atoms with E-state index in [2.05, 4.69) is 40.2 Å². The Bertz CT molecular complexity index is 603. The molecule has 1 saturated heterocycles. The number of benzene rings is 1. The van der Waals surface area contributed by atoms with Crippen molar-refractivity contribution in [2.45, 2.75) is 51.4 Å². The van der Waals surface area contributed by atoms with Gasteiger partial charge in [0, 0.05) is 43.0 Å². The predicted molar refractivity (Wildman–Crippen MR) is 107 cm³/mol. The highest BCUT2D eigenvalue weighted by Crippen LogP contribution is 2.27. The highest BCUT2D eigenvalue weighted by Gasteiger charge is 2.30. The standard InChI is InChI=1S/C21H29BrN2O2/c22-19-11-9-17(10-12-19)5-1-4-8-20(25)23-13-15-24(16-14-23)21(26)18-6-2-3-7-18/h9-12,18H,1-8,13-16H2. The highest BCUT2D eigenvalue weighted by molar-refractivity contribution is 9.10. The van der Waals surface area contributed by atoms with Crippen LogP contribution in [0, 0.1) is 5.92 Å². The largest absolute Gasteiger partial charge is 0.339 e. The van der Waals surface area contributed by atoms with Gasteiger partial charge in [0.25, 0.3) is 0 Å². The predicted octanol–water partition coefficient (Wildman–Crippen LogP) is 4.02. The van der Waals surface area contributed by atoms with Crippen LogP contribution in [0.1, 0.15) is 50.5 Å². The molecule has 0 radical (unpaired) electrons. The molecule has 1 heterocycles. The molecule has 4 nitrogen and oxygen atoms in total. The number of carbonyl (C=O) groups is 2. The Labute approximate surface area is 165 Å². The minimum absolute atomic E-state index is 0.244. The summed E-state index contributed by atoms with van der Waals surface area (Å²) in [5, 5.41) is 0. The van der Waals surface area contributed by atoms with Crippen LogP contribution in [0.5, 0.6) is 0 Å². The highest BCUT2D eigenvalue weighted by atomic mass is 79.9. The van der Waals surface area contributed by atoms with Gasteiger partial charge in [-0.05, 0) is 49.8 Å². The number of aryl methyl sites for hydroxylation is 1. The number of rotatable bonds is 6. The maximum absolute atomic E-state index is 12.5. The maximum atomic E-state index is 12.5. The number of nitrogens with zero attached hydrogens (tertiary/aromatic N) is 2. The molecule has 26 heavy (non-hydrogen) atoms. The molecule has 1 aliphatic heterocycles. The minimum Gasteiger partial charge on any atom is -0.339 e. The lowest BCUT2D eigenvalue weighted by Crippen LogP contribution is -2.51. The summed E-state index contributed by atoms with van der Waals surface area (Å²) in [7, 11) is 0. The van der Waals surface area contributed by atoms with E-state index in [-0.39, 0.29) is 11.8 Å². The lowest BCUT2D eigenvalue weighted by Gasteiger charge is -2.36. The minimum atomic E-state index is 0.244. The van der Waals surface area contributed by atoms with E-state index in [1.807, 2.05) is 9.80 Å². The van der Waals surface area contributed by atoms with Gasteiger partial charge in [0.2, 0.25) is 11.8 Å². The summed E-state index contributed by atoms with van der Waals surface area (Å²) in [6, 6.07) is 8.39. The second kappa shape index (κ2) is 9.54. The number of amides is 2. The van der Waals surface area contributed by atoms with Crippen molar-refractivity contribution in [3.05, 3.63) is 34.3 Å². The van der Waals surface area contributed by atoms with Crippen LogP contribution in [0.25, 0.3) is 0 Å². The SMILES string of the molecule is O=C(CCCCc1ccc(Br)cc1)N1CCN(C(=O)C2CCCC2)CC1. The van der Waals surface area contributed by atoms with E-state index in [9.17, 15) is 9.59 Å². The molecule has 1 aliphatic carbocycles. The van der Waals surface area contributed by atoms with Crippen molar-refractivity contribution >= 4 is 27.7 Å². The normalized spacial score (nSPS) is 18.3. The fourth-order valence-electron chi connectivity index (χ4n) is 4.02. The van der Waals surface area contributed by atoms with Gasteiger partial charge in [0.05, 0.1) is 0 Å². The summed E-state index contributed by atoms with van der Waals surface area (Å²) >= 11 is 3.45. The topological polar surface area (TPSA) is 40.6 Å². The fourth-order valence-corrected chi connectivity index (χ4v) is 4.29. The number of carbonyl (C=O) groups excluding carboxylic acids is 2. The van der Waals surface area contributed by atoms with Crippen molar-refractivity contribution < 1.29 is 9.59 Å². The molecule has 0 atom stereocenters.